The zero-order chi connectivity index (χ0) is 14.9. The largest absolute Gasteiger partial charge is 0.477 e. The van der Waals surface area contributed by atoms with Crippen molar-refractivity contribution in [3.63, 3.8) is 0 Å². The van der Waals surface area contributed by atoms with Gasteiger partial charge < -0.3 is 5.11 Å². The third-order valence-corrected chi connectivity index (χ3v) is 5.10. The van der Waals surface area contributed by atoms with Crippen molar-refractivity contribution in [2.75, 3.05) is 4.72 Å². The molecule has 0 atom stereocenters. The lowest BCUT2D eigenvalue weighted by Gasteiger charge is -2.06. The summed E-state index contributed by atoms with van der Waals surface area (Å²) < 4.78 is 26.5. The molecular weight excluding hydrogens is 345 g/mol. The van der Waals surface area contributed by atoms with Gasteiger partial charge in [0.15, 0.2) is 0 Å². The number of carbonyl (C=O) groups is 1. The number of sulfonamides is 1. The molecule has 0 radical (unpaired) electrons. The van der Waals surface area contributed by atoms with E-state index >= 15 is 0 Å². The fourth-order valence-corrected chi connectivity index (χ4v) is 4.15. The Bertz CT molecular complexity index is 750. The molecule has 2 rings (SSSR count). The van der Waals surface area contributed by atoms with Crippen molar-refractivity contribution in [3.05, 3.63) is 45.3 Å². The van der Waals surface area contributed by atoms with Crippen LogP contribution in [0.3, 0.4) is 0 Å². The molecule has 2 aromatic rings. The average Bonchev–Trinajstić information content (AvgIpc) is 2.75. The summed E-state index contributed by atoms with van der Waals surface area (Å²) in [5.74, 6) is -1.12. The van der Waals surface area contributed by atoms with Gasteiger partial charge in [-0.3, -0.25) is 4.72 Å². The van der Waals surface area contributed by atoms with Crippen molar-refractivity contribution in [1.29, 1.82) is 0 Å². The molecule has 106 valence electrons. The quantitative estimate of drug-likeness (QED) is 0.881. The maximum absolute atomic E-state index is 12.1. The van der Waals surface area contributed by atoms with Gasteiger partial charge in [-0.15, -0.1) is 11.3 Å². The molecule has 1 heterocycles. The molecular formula is C11H7Cl2NO4S2. The molecule has 9 heteroatoms. The molecule has 0 fully saturated rings. The summed E-state index contributed by atoms with van der Waals surface area (Å²) in [5, 5.41) is 9.36. The summed E-state index contributed by atoms with van der Waals surface area (Å²) in [6.07, 6.45) is 0. The highest BCUT2D eigenvalue weighted by atomic mass is 35.5. The van der Waals surface area contributed by atoms with Gasteiger partial charge in [0.25, 0.3) is 10.0 Å². The molecule has 0 amide bonds. The fraction of sp³-hybridized carbons (Fsp3) is 0. The van der Waals surface area contributed by atoms with Gasteiger partial charge in [-0.25, -0.2) is 13.2 Å². The van der Waals surface area contributed by atoms with Crippen LogP contribution < -0.4 is 4.72 Å². The molecule has 1 aromatic heterocycles. The van der Waals surface area contributed by atoms with Gasteiger partial charge in [0.05, 0.1) is 4.90 Å². The SMILES string of the molecule is O=C(O)c1ccc(NS(=O)(=O)c2cc(Cl)cc(Cl)c2)s1. The predicted molar refractivity (Wildman–Crippen MR) is 78.5 cm³/mol. The highest BCUT2D eigenvalue weighted by Crippen LogP contribution is 2.27. The number of benzene rings is 1. The minimum atomic E-state index is -3.87. The Labute approximate surface area is 128 Å². The van der Waals surface area contributed by atoms with Gasteiger partial charge in [0.1, 0.15) is 9.88 Å². The second-order valence-electron chi connectivity index (χ2n) is 3.68. The molecule has 5 nitrogen and oxygen atoms in total. The Morgan fingerprint density at radius 2 is 1.75 bits per heavy atom. The van der Waals surface area contributed by atoms with Crippen LogP contribution in [0.2, 0.25) is 10.0 Å². The Hall–Kier alpha value is -1.28. The second-order valence-corrected chi connectivity index (χ2v) is 7.32. The van der Waals surface area contributed by atoms with Crippen LogP contribution in [0.15, 0.2) is 35.2 Å². The zero-order valence-electron chi connectivity index (χ0n) is 9.63. The van der Waals surface area contributed by atoms with E-state index in [9.17, 15) is 13.2 Å². The Balaban J connectivity index is 2.32. The Morgan fingerprint density at radius 1 is 1.15 bits per heavy atom. The van der Waals surface area contributed by atoms with Crippen molar-refractivity contribution < 1.29 is 18.3 Å². The number of carboxylic acid groups (broad SMARTS) is 1. The van der Waals surface area contributed by atoms with Gasteiger partial charge >= 0.3 is 5.97 Å². The molecule has 0 saturated heterocycles. The van der Waals surface area contributed by atoms with E-state index in [0.29, 0.717) is 0 Å². The van der Waals surface area contributed by atoms with Crippen LogP contribution in [0, 0.1) is 0 Å². The smallest absolute Gasteiger partial charge is 0.345 e. The number of hydrogen-bond acceptors (Lipinski definition) is 4. The van der Waals surface area contributed by atoms with Crippen molar-refractivity contribution in [3.8, 4) is 0 Å². The lowest BCUT2D eigenvalue weighted by molar-refractivity contribution is 0.0702. The topological polar surface area (TPSA) is 83.5 Å². The molecule has 0 aliphatic rings. The predicted octanol–water partition coefficient (Wildman–Crippen LogP) is 3.55. The average molecular weight is 352 g/mol. The Kier molecular flexibility index (Phi) is 4.24. The molecule has 0 bridgehead atoms. The molecule has 0 spiro atoms. The van der Waals surface area contributed by atoms with Gasteiger partial charge in [-0.05, 0) is 30.3 Å². The van der Waals surface area contributed by atoms with Crippen LogP contribution in [0.4, 0.5) is 5.00 Å². The number of thiophene rings is 1. The van der Waals surface area contributed by atoms with Crippen LogP contribution in [-0.2, 0) is 10.0 Å². The summed E-state index contributed by atoms with van der Waals surface area (Å²) in [4.78, 5) is 10.7. The first-order valence-electron chi connectivity index (χ1n) is 5.10. The summed E-state index contributed by atoms with van der Waals surface area (Å²) in [7, 11) is -3.87. The van der Waals surface area contributed by atoms with Crippen molar-refractivity contribution in [2.45, 2.75) is 4.90 Å². The van der Waals surface area contributed by atoms with Crippen LogP contribution in [0.5, 0.6) is 0 Å². The molecule has 0 aliphatic carbocycles. The van der Waals surface area contributed by atoms with E-state index in [-0.39, 0.29) is 24.8 Å². The van der Waals surface area contributed by atoms with E-state index in [1.165, 1.54) is 30.3 Å². The summed E-state index contributed by atoms with van der Waals surface area (Å²) >= 11 is 12.3. The number of halogens is 2. The second kappa shape index (κ2) is 5.61. The monoisotopic (exact) mass is 351 g/mol. The molecule has 20 heavy (non-hydrogen) atoms. The first kappa shape index (κ1) is 15.1. The first-order valence-corrected chi connectivity index (χ1v) is 8.15. The van der Waals surface area contributed by atoms with Crippen molar-refractivity contribution in [2.24, 2.45) is 0 Å². The van der Waals surface area contributed by atoms with E-state index in [2.05, 4.69) is 4.72 Å². The van der Waals surface area contributed by atoms with Gasteiger partial charge in [0, 0.05) is 10.0 Å². The lowest BCUT2D eigenvalue weighted by atomic mass is 10.4. The standard InChI is InChI=1S/C11H7Cl2NO4S2/c12-6-3-7(13)5-8(4-6)20(17,18)14-10-2-1-9(19-10)11(15)16/h1-5,14H,(H,15,16). The number of nitrogens with one attached hydrogen (secondary N) is 1. The molecule has 0 unspecified atom stereocenters. The molecule has 2 N–H and O–H groups in total. The van der Waals surface area contributed by atoms with E-state index in [0.717, 1.165) is 11.3 Å². The van der Waals surface area contributed by atoms with Crippen molar-refractivity contribution >= 4 is 55.5 Å². The maximum atomic E-state index is 12.1. The molecule has 0 aliphatic heterocycles. The van der Waals surface area contributed by atoms with E-state index in [1.807, 2.05) is 0 Å². The third kappa shape index (κ3) is 3.43. The number of aromatic carboxylic acids is 1. The van der Waals surface area contributed by atoms with Gasteiger partial charge in [-0.1, -0.05) is 23.2 Å². The highest BCUT2D eigenvalue weighted by molar-refractivity contribution is 7.93. The fourth-order valence-electron chi connectivity index (χ4n) is 1.38. The minimum absolute atomic E-state index is 0.0341. The van der Waals surface area contributed by atoms with Crippen LogP contribution in [-0.4, -0.2) is 19.5 Å². The van der Waals surface area contributed by atoms with Crippen LogP contribution in [0.25, 0.3) is 0 Å². The van der Waals surface area contributed by atoms with Crippen LogP contribution in [0.1, 0.15) is 9.67 Å². The number of carboxylic acids is 1. The third-order valence-electron chi connectivity index (χ3n) is 2.20. The summed E-state index contributed by atoms with van der Waals surface area (Å²) in [6.45, 7) is 0. The number of rotatable bonds is 4. The van der Waals surface area contributed by atoms with Gasteiger partial charge in [0.2, 0.25) is 0 Å². The summed E-state index contributed by atoms with van der Waals surface area (Å²) in [5.41, 5.74) is 0. The Morgan fingerprint density at radius 3 is 2.25 bits per heavy atom. The lowest BCUT2D eigenvalue weighted by Crippen LogP contribution is -2.12. The van der Waals surface area contributed by atoms with E-state index in [1.54, 1.807) is 0 Å². The normalized spacial score (nSPS) is 11.3. The maximum Gasteiger partial charge on any atom is 0.345 e. The zero-order valence-corrected chi connectivity index (χ0v) is 12.8. The molecule has 1 aromatic carbocycles. The van der Waals surface area contributed by atoms with Gasteiger partial charge in [-0.2, -0.15) is 0 Å². The summed E-state index contributed by atoms with van der Waals surface area (Å²) in [6, 6.07) is 6.60. The highest BCUT2D eigenvalue weighted by Gasteiger charge is 2.17. The van der Waals surface area contributed by atoms with Crippen molar-refractivity contribution in [1.82, 2.24) is 0 Å². The first-order chi connectivity index (χ1) is 9.28. The number of anilines is 1. The molecule has 0 saturated carbocycles. The number of hydrogen-bond donors (Lipinski definition) is 2. The van der Waals surface area contributed by atoms with E-state index in [4.69, 9.17) is 28.3 Å². The minimum Gasteiger partial charge on any atom is -0.477 e. The van der Waals surface area contributed by atoms with Crippen LogP contribution >= 0.6 is 34.5 Å². The van der Waals surface area contributed by atoms with E-state index < -0.39 is 16.0 Å².